The van der Waals surface area contributed by atoms with Gasteiger partial charge < -0.3 is 4.90 Å². The largest absolute Gasteiger partial charge is 0.337 e. The molecule has 2 aliphatic rings. The molecule has 2 aromatic heterocycles. The zero-order valence-electron chi connectivity index (χ0n) is 14.1. The molecule has 3 atom stereocenters. The minimum atomic E-state index is 0.168. The Kier molecular flexibility index (Phi) is 4.08. The summed E-state index contributed by atoms with van der Waals surface area (Å²) >= 11 is 1.46. The van der Waals surface area contributed by atoms with Crippen LogP contribution < -0.4 is 0 Å². The second-order valence-electron chi connectivity index (χ2n) is 7.09. The van der Waals surface area contributed by atoms with Crippen LogP contribution in [0.1, 0.15) is 39.6 Å². The highest BCUT2D eigenvalue weighted by Gasteiger charge is 2.44. The summed E-state index contributed by atoms with van der Waals surface area (Å²) in [5.74, 6) is 2.05. The summed E-state index contributed by atoms with van der Waals surface area (Å²) in [6.45, 7) is 5.71. The molecule has 0 N–H and O–H groups in total. The second kappa shape index (κ2) is 6.24. The van der Waals surface area contributed by atoms with E-state index < -0.39 is 0 Å². The number of rotatable bonds is 3. The lowest BCUT2D eigenvalue weighted by Gasteiger charge is -2.20. The topological polar surface area (TPSA) is 59.0 Å². The van der Waals surface area contributed by atoms with Crippen LogP contribution in [0.25, 0.3) is 0 Å². The van der Waals surface area contributed by atoms with E-state index in [0.29, 0.717) is 17.8 Å². The molecule has 0 bridgehead atoms. The summed E-state index contributed by atoms with van der Waals surface area (Å²) in [4.78, 5) is 28.4. The van der Waals surface area contributed by atoms with Crippen molar-refractivity contribution in [3.63, 3.8) is 0 Å². The molecule has 5 nitrogen and oxygen atoms in total. The third-order valence-electron chi connectivity index (χ3n) is 5.56. The van der Waals surface area contributed by atoms with Crippen LogP contribution in [0.2, 0.25) is 0 Å². The highest BCUT2D eigenvalue weighted by Crippen LogP contribution is 2.44. The van der Waals surface area contributed by atoms with Gasteiger partial charge in [-0.3, -0.25) is 4.79 Å². The Balaban J connectivity index is 1.45. The van der Waals surface area contributed by atoms with Gasteiger partial charge in [0.2, 0.25) is 0 Å². The Morgan fingerprint density at radius 3 is 2.88 bits per heavy atom. The molecule has 0 radical (unpaired) electrons. The number of carbonyl (C=O) groups is 1. The minimum Gasteiger partial charge on any atom is -0.337 e. The molecule has 0 spiro atoms. The van der Waals surface area contributed by atoms with Crippen molar-refractivity contribution >= 4 is 17.2 Å². The molecular formula is C18H22N4OS. The molecule has 1 aliphatic heterocycles. The molecule has 2 fully saturated rings. The van der Waals surface area contributed by atoms with E-state index in [1.54, 1.807) is 11.8 Å². The van der Waals surface area contributed by atoms with Gasteiger partial charge in [0, 0.05) is 24.5 Å². The fourth-order valence-electron chi connectivity index (χ4n) is 4.34. The molecule has 6 heteroatoms. The van der Waals surface area contributed by atoms with Crippen LogP contribution in [-0.2, 0) is 6.42 Å². The average molecular weight is 342 g/mol. The van der Waals surface area contributed by atoms with Gasteiger partial charge >= 0.3 is 0 Å². The molecule has 0 aromatic carbocycles. The quantitative estimate of drug-likeness (QED) is 0.860. The van der Waals surface area contributed by atoms with E-state index in [0.717, 1.165) is 41.5 Å². The van der Waals surface area contributed by atoms with Crippen molar-refractivity contribution in [3.8, 4) is 0 Å². The first-order chi connectivity index (χ1) is 11.6. The maximum atomic E-state index is 12.7. The third-order valence-corrected chi connectivity index (χ3v) is 6.48. The van der Waals surface area contributed by atoms with E-state index >= 15 is 0 Å². The summed E-state index contributed by atoms with van der Waals surface area (Å²) in [5, 5.41) is 0. The molecule has 1 amide bonds. The number of amides is 1. The first kappa shape index (κ1) is 15.7. The first-order valence-electron chi connectivity index (χ1n) is 8.58. The molecule has 24 heavy (non-hydrogen) atoms. The summed E-state index contributed by atoms with van der Waals surface area (Å²) in [5.41, 5.74) is 4.78. The van der Waals surface area contributed by atoms with Crippen LogP contribution in [0, 0.1) is 31.6 Å². The van der Waals surface area contributed by atoms with E-state index in [-0.39, 0.29) is 5.91 Å². The zero-order chi connectivity index (χ0) is 16.7. The number of hydrogen-bond acceptors (Lipinski definition) is 5. The Bertz CT molecular complexity index is 759. The number of aryl methyl sites for hydroxylation is 2. The maximum Gasteiger partial charge on any atom is 0.265 e. The van der Waals surface area contributed by atoms with Gasteiger partial charge in [0.25, 0.3) is 5.91 Å². The zero-order valence-corrected chi connectivity index (χ0v) is 14.9. The summed E-state index contributed by atoms with van der Waals surface area (Å²) < 4.78 is 0. The summed E-state index contributed by atoms with van der Waals surface area (Å²) in [6, 6.07) is 2.09. The smallest absolute Gasteiger partial charge is 0.265 e. The van der Waals surface area contributed by atoms with Gasteiger partial charge in [0.15, 0.2) is 0 Å². The summed E-state index contributed by atoms with van der Waals surface area (Å²) in [7, 11) is 0. The maximum absolute atomic E-state index is 12.7. The van der Waals surface area contributed by atoms with Crippen LogP contribution >= 0.6 is 11.3 Å². The van der Waals surface area contributed by atoms with Crippen molar-refractivity contribution in [1.82, 2.24) is 19.9 Å². The number of thiazole rings is 1. The molecule has 1 saturated carbocycles. The van der Waals surface area contributed by atoms with E-state index in [4.69, 9.17) is 0 Å². The lowest BCUT2D eigenvalue weighted by Crippen LogP contribution is -2.30. The molecular weight excluding hydrogens is 320 g/mol. The fourth-order valence-corrected chi connectivity index (χ4v) is 5.11. The van der Waals surface area contributed by atoms with Crippen LogP contribution in [0.3, 0.4) is 0 Å². The Labute approximate surface area is 146 Å². The van der Waals surface area contributed by atoms with Crippen molar-refractivity contribution in [2.45, 2.75) is 33.1 Å². The molecule has 0 unspecified atom stereocenters. The normalized spacial score (nSPS) is 25.9. The highest BCUT2D eigenvalue weighted by atomic mass is 32.1. The number of aromatic nitrogens is 3. The van der Waals surface area contributed by atoms with Gasteiger partial charge in [0.1, 0.15) is 11.2 Å². The van der Waals surface area contributed by atoms with Crippen LogP contribution in [0.15, 0.2) is 17.9 Å². The predicted octanol–water partition coefficient (Wildman–Crippen LogP) is 2.89. The van der Waals surface area contributed by atoms with Gasteiger partial charge in [-0.2, -0.15) is 0 Å². The number of likely N-dealkylation sites (tertiary alicyclic amines) is 1. The lowest BCUT2D eigenvalue weighted by atomic mass is 9.89. The SMILES string of the molecule is Cc1cc(C[C@H]2CC[C@@H]3CN(C(=O)c4scnc4C)C[C@H]23)ncn1. The molecule has 4 rings (SSSR count). The van der Waals surface area contributed by atoms with Crippen molar-refractivity contribution < 1.29 is 4.79 Å². The molecule has 3 heterocycles. The van der Waals surface area contributed by atoms with Crippen molar-refractivity contribution in [2.75, 3.05) is 13.1 Å². The Hall–Kier alpha value is -1.82. The van der Waals surface area contributed by atoms with Gasteiger partial charge in [0.05, 0.1) is 11.2 Å². The number of carbonyl (C=O) groups excluding carboxylic acids is 1. The highest BCUT2D eigenvalue weighted by molar-refractivity contribution is 7.11. The standard InChI is InChI=1S/C18H22N4OS/c1-11-5-15(20-9-19-11)6-13-3-4-14-7-22(8-16(13)14)18(23)17-12(2)21-10-24-17/h5,9-10,13-14,16H,3-4,6-8H2,1-2H3/t13-,14-,16-/m1/s1. The van der Waals surface area contributed by atoms with Crippen molar-refractivity contribution in [2.24, 2.45) is 17.8 Å². The minimum absolute atomic E-state index is 0.168. The lowest BCUT2D eigenvalue weighted by molar-refractivity contribution is 0.0780. The molecule has 2 aromatic rings. The van der Waals surface area contributed by atoms with Crippen LogP contribution in [0.5, 0.6) is 0 Å². The van der Waals surface area contributed by atoms with Crippen LogP contribution in [0.4, 0.5) is 0 Å². The molecule has 1 aliphatic carbocycles. The summed E-state index contributed by atoms with van der Waals surface area (Å²) in [6.07, 6.45) is 5.14. The molecule has 1 saturated heterocycles. The predicted molar refractivity (Wildman–Crippen MR) is 92.9 cm³/mol. The monoisotopic (exact) mass is 342 g/mol. The first-order valence-corrected chi connectivity index (χ1v) is 9.46. The van der Waals surface area contributed by atoms with E-state index in [1.165, 1.54) is 24.2 Å². The van der Waals surface area contributed by atoms with Crippen molar-refractivity contribution in [1.29, 1.82) is 0 Å². The average Bonchev–Trinajstić information content (AvgIpc) is 3.24. The Morgan fingerprint density at radius 1 is 1.25 bits per heavy atom. The van der Waals surface area contributed by atoms with Crippen LogP contribution in [-0.4, -0.2) is 38.8 Å². The van der Waals surface area contributed by atoms with Crippen molar-refractivity contribution in [3.05, 3.63) is 39.9 Å². The van der Waals surface area contributed by atoms with Gasteiger partial charge in [-0.15, -0.1) is 11.3 Å². The fraction of sp³-hybridized carbons (Fsp3) is 0.556. The second-order valence-corrected chi connectivity index (χ2v) is 7.95. The number of nitrogens with zero attached hydrogens (tertiary/aromatic N) is 4. The van der Waals surface area contributed by atoms with E-state index in [2.05, 4.69) is 21.0 Å². The Morgan fingerprint density at radius 2 is 2.12 bits per heavy atom. The van der Waals surface area contributed by atoms with E-state index in [9.17, 15) is 4.79 Å². The van der Waals surface area contributed by atoms with Gasteiger partial charge in [-0.05, 0) is 56.9 Å². The van der Waals surface area contributed by atoms with Gasteiger partial charge in [-0.1, -0.05) is 0 Å². The van der Waals surface area contributed by atoms with E-state index in [1.807, 2.05) is 18.7 Å². The third kappa shape index (κ3) is 2.83. The molecule has 126 valence electrons. The van der Waals surface area contributed by atoms with Gasteiger partial charge in [-0.25, -0.2) is 15.0 Å². The number of fused-ring (bicyclic) bond motifs is 1. The number of hydrogen-bond donors (Lipinski definition) is 0.